The minimum atomic E-state index is 0.0360. The molecule has 2 aromatic heterocycles. The normalized spacial score (nSPS) is 12.7. The molecule has 0 aliphatic carbocycles. The molecule has 3 aromatic rings. The maximum Gasteiger partial charge on any atom is 0.251 e. The highest BCUT2D eigenvalue weighted by Gasteiger charge is 2.23. The number of nitrogens with zero attached hydrogens (tertiary/aromatic N) is 5. The van der Waals surface area contributed by atoms with E-state index >= 15 is 0 Å². The number of likely N-dealkylation sites (N-methyl/N-ethyl adjacent to an activating group) is 1. The van der Waals surface area contributed by atoms with E-state index in [0.29, 0.717) is 32.3 Å². The largest absolute Gasteiger partial charge is 0.486 e. The Labute approximate surface area is 188 Å². The molecular weight excluding hydrogens is 406 g/mol. The van der Waals surface area contributed by atoms with Crippen molar-refractivity contribution in [2.45, 2.75) is 47.6 Å². The van der Waals surface area contributed by atoms with Crippen LogP contribution in [0.3, 0.4) is 0 Å². The molecule has 1 aliphatic rings. The maximum absolute atomic E-state index is 13.3. The number of benzene rings is 1. The van der Waals surface area contributed by atoms with Gasteiger partial charge in [0.2, 0.25) is 5.91 Å². The number of rotatable bonds is 6. The van der Waals surface area contributed by atoms with Crippen LogP contribution >= 0.6 is 0 Å². The summed E-state index contributed by atoms with van der Waals surface area (Å²) in [6.45, 7) is 11.8. The number of carbonyl (C=O) groups excluding carboxylic acids is 1. The Morgan fingerprint density at radius 3 is 2.53 bits per heavy atom. The number of fused-ring (bicyclic) bond motifs is 1. The number of hydrogen-bond donors (Lipinski definition) is 0. The van der Waals surface area contributed by atoms with Gasteiger partial charge in [0.25, 0.3) is 5.95 Å². The van der Waals surface area contributed by atoms with E-state index in [0.717, 1.165) is 45.4 Å². The van der Waals surface area contributed by atoms with E-state index in [4.69, 9.17) is 9.47 Å². The highest BCUT2D eigenvalue weighted by molar-refractivity contribution is 5.79. The molecule has 0 bridgehead atoms. The average Bonchev–Trinajstić information content (AvgIpc) is 3.05. The summed E-state index contributed by atoms with van der Waals surface area (Å²) < 4.78 is 13.2. The van der Waals surface area contributed by atoms with E-state index in [-0.39, 0.29) is 12.3 Å². The van der Waals surface area contributed by atoms with Crippen LogP contribution in [0.2, 0.25) is 0 Å². The monoisotopic (exact) mass is 435 g/mol. The number of para-hydroxylation sites is 1. The predicted octanol–water partition coefficient (Wildman–Crippen LogP) is 3.26. The lowest BCUT2D eigenvalue weighted by Gasteiger charge is -2.25. The fourth-order valence-electron chi connectivity index (χ4n) is 4.03. The lowest BCUT2D eigenvalue weighted by Crippen LogP contribution is -2.32. The second-order valence-electron chi connectivity index (χ2n) is 8.04. The maximum atomic E-state index is 13.3. The number of aryl methyl sites for hydroxylation is 3. The molecule has 0 radical (unpaired) electrons. The van der Waals surface area contributed by atoms with Crippen molar-refractivity contribution in [2.75, 3.05) is 19.8 Å². The summed E-state index contributed by atoms with van der Waals surface area (Å²) in [5.41, 5.74) is 5.31. The van der Waals surface area contributed by atoms with Crippen molar-refractivity contribution in [3.8, 4) is 17.4 Å². The summed E-state index contributed by atoms with van der Waals surface area (Å²) in [5.74, 6) is 2.03. The molecule has 1 aliphatic heterocycles. The van der Waals surface area contributed by atoms with Crippen LogP contribution in [0.5, 0.6) is 11.5 Å². The zero-order valence-electron chi connectivity index (χ0n) is 19.3. The summed E-state index contributed by atoms with van der Waals surface area (Å²) in [6, 6.07) is 7.74. The smallest absolute Gasteiger partial charge is 0.251 e. The topological polar surface area (TPSA) is 82.4 Å². The standard InChI is InChI=1S/C24H29N5O3/c1-6-28(14-19-8-7-9-21-23(19)32-11-10-31-21)22(30)13-20-17(4)27-29(18(20)5)24-25-15(2)12-16(3)26-24/h7-9,12H,6,10-11,13-14H2,1-5H3. The van der Waals surface area contributed by atoms with Gasteiger partial charge in [-0.3, -0.25) is 4.79 Å². The van der Waals surface area contributed by atoms with Crippen LogP contribution < -0.4 is 9.47 Å². The molecule has 1 amide bonds. The molecule has 8 heteroatoms. The second kappa shape index (κ2) is 8.98. The highest BCUT2D eigenvalue weighted by atomic mass is 16.6. The summed E-state index contributed by atoms with van der Waals surface area (Å²) in [4.78, 5) is 24.1. The fourth-order valence-corrected chi connectivity index (χ4v) is 4.03. The molecular formula is C24H29N5O3. The molecule has 0 saturated carbocycles. The number of hydrogen-bond acceptors (Lipinski definition) is 6. The Bertz CT molecular complexity index is 1130. The second-order valence-corrected chi connectivity index (χ2v) is 8.04. The Hall–Kier alpha value is -3.42. The Kier molecular flexibility index (Phi) is 6.12. The van der Waals surface area contributed by atoms with E-state index in [1.807, 2.05) is 63.8 Å². The van der Waals surface area contributed by atoms with Crippen molar-refractivity contribution in [3.05, 3.63) is 58.2 Å². The van der Waals surface area contributed by atoms with Gasteiger partial charge in [0, 0.05) is 41.3 Å². The molecule has 0 N–H and O–H groups in total. The van der Waals surface area contributed by atoms with Gasteiger partial charge in [0.05, 0.1) is 12.1 Å². The minimum Gasteiger partial charge on any atom is -0.486 e. The van der Waals surface area contributed by atoms with Gasteiger partial charge >= 0.3 is 0 Å². The van der Waals surface area contributed by atoms with E-state index in [2.05, 4.69) is 15.1 Å². The van der Waals surface area contributed by atoms with Crippen molar-refractivity contribution in [2.24, 2.45) is 0 Å². The van der Waals surface area contributed by atoms with Gasteiger partial charge in [0.1, 0.15) is 13.2 Å². The molecule has 3 heterocycles. The van der Waals surface area contributed by atoms with Crippen molar-refractivity contribution < 1.29 is 14.3 Å². The number of ether oxygens (including phenoxy) is 2. The van der Waals surface area contributed by atoms with Crippen LogP contribution in [0.4, 0.5) is 0 Å². The molecule has 4 rings (SSSR count). The van der Waals surface area contributed by atoms with Crippen LogP contribution in [0.1, 0.15) is 40.8 Å². The van der Waals surface area contributed by atoms with E-state index < -0.39 is 0 Å². The summed E-state index contributed by atoms with van der Waals surface area (Å²) in [6.07, 6.45) is 0.267. The molecule has 1 aromatic carbocycles. The molecule has 0 unspecified atom stereocenters. The van der Waals surface area contributed by atoms with Gasteiger partial charge in [-0.2, -0.15) is 5.10 Å². The van der Waals surface area contributed by atoms with Crippen molar-refractivity contribution in [1.82, 2.24) is 24.6 Å². The van der Waals surface area contributed by atoms with Crippen molar-refractivity contribution in [3.63, 3.8) is 0 Å². The van der Waals surface area contributed by atoms with Gasteiger partial charge in [-0.15, -0.1) is 0 Å². The first-order valence-electron chi connectivity index (χ1n) is 10.9. The quantitative estimate of drug-likeness (QED) is 0.591. The summed E-state index contributed by atoms with van der Waals surface area (Å²) in [5, 5.41) is 4.63. The third-order valence-electron chi connectivity index (χ3n) is 5.67. The minimum absolute atomic E-state index is 0.0360. The van der Waals surface area contributed by atoms with Gasteiger partial charge in [0.15, 0.2) is 11.5 Å². The first-order chi connectivity index (χ1) is 15.4. The van der Waals surface area contributed by atoms with E-state index in [1.54, 1.807) is 4.68 Å². The van der Waals surface area contributed by atoms with Crippen LogP contribution in [0, 0.1) is 27.7 Å². The SMILES string of the molecule is CCN(Cc1cccc2c1OCCO2)C(=O)Cc1c(C)nn(-c2nc(C)cc(C)n2)c1C. The molecule has 0 spiro atoms. The number of amides is 1. The first kappa shape index (κ1) is 21.8. The Morgan fingerprint density at radius 2 is 1.81 bits per heavy atom. The lowest BCUT2D eigenvalue weighted by atomic mass is 10.1. The third-order valence-corrected chi connectivity index (χ3v) is 5.67. The molecule has 8 nitrogen and oxygen atoms in total. The van der Waals surface area contributed by atoms with E-state index in [9.17, 15) is 4.79 Å². The zero-order chi connectivity index (χ0) is 22.8. The average molecular weight is 436 g/mol. The molecule has 0 saturated heterocycles. The first-order valence-corrected chi connectivity index (χ1v) is 10.9. The fraction of sp³-hybridized carbons (Fsp3) is 0.417. The van der Waals surface area contributed by atoms with E-state index in [1.165, 1.54) is 0 Å². The van der Waals surface area contributed by atoms with Gasteiger partial charge in [-0.1, -0.05) is 12.1 Å². The van der Waals surface area contributed by atoms with Gasteiger partial charge < -0.3 is 14.4 Å². The zero-order valence-corrected chi connectivity index (χ0v) is 19.3. The van der Waals surface area contributed by atoms with Crippen molar-refractivity contribution >= 4 is 5.91 Å². The van der Waals surface area contributed by atoms with Crippen molar-refractivity contribution in [1.29, 1.82) is 0 Å². The van der Waals surface area contributed by atoms with Gasteiger partial charge in [-0.05, 0) is 46.8 Å². The van der Waals surface area contributed by atoms with Crippen LogP contribution in [-0.2, 0) is 17.8 Å². The lowest BCUT2D eigenvalue weighted by molar-refractivity contribution is -0.130. The predicted molar refractivity (Wildman–Crippen MR) is 120 cm³/mol. The Balaban J connectivity index is 1.56. The van der Waals surface area contributed by atoms with Crippen LogP contribution in [0.15, 0.2) is 24.3 Å². The summed E-state index contributed by atoms with van der Waals surface area (Å²) >= 11 is 0. The molecule has 32 heavy (non-hydrogen) atoms. The number of carbonyl (C=O) groups is 1. The van der Waals surface area contributed by atoms with Crippen LogP contribution in [0.25, 0.3) is 5.95 Å². The molecule has 168 valence electrons. The van der Waals surface area contributed by atoms with Gasteiger partial charge in [-0.25, -0.2) is 14.6 Å². The molecule has 0 atom stereocenters. The highest BCUT2D eigenvalue weighted by Crippen LogP contribution is 2.34. The Morgan fingerprint density at radius 1 is 1.09 bits per heavy atom. The third kappa shape index (κ3) is 4.30. The molecule has 0 fully saturated rings. The number of aromatic nitrogens is 4. The summed E-state index contributed by atoms with van der Waals surface area (Å²) in [7, 11) is 0. The van der Waals surface area contributed by atoms with Crippen LogP contribution in [-0.4, -0.2) is 50.3 Å².